The summed E-state index contributed by atoms with van der Waals surface area (Å²) < 4.78 is 0. The van der Waals surface area contributed by atoms with Crippen LogP contribution in [0, 0.1) is 13.8 Å². The van der Waals surface area contributed by atoms with E-state index in [9.17, 15) is 0 Å². The van der Waals surface area contributed by atoms with Crippen LogP contribution in [0.1, 0.15) is 29.7 Å². The summed E-state index contributed by atoms with van der Waals surface area (Å²) in [5.74, 6) is 0.676. The topological polar surface area (TPSA) is 41.6 Å². The zero-order valence-corrected chi connectivity index (χ0v) is 10.2. The summed E-state index contributed by atoms with van der Waals surface area (Å²) in [5, 5.41) is 0. The highest BCUT2D eigenvalue weighted by molar-refractivity contribution is 5.80. The van der Waals surface area contributed by atoms with Gasteiger partial charge in [0.15, 0.2) is 5.96 Å². The summed E-state index contributed by atoms with van der Waals surface area (Å²) in [4.78, 5) is 6.52. The maximum Gasteiger partial charge on any atom is 0.191 e. The molecule has 1 heterocycles. The molecule has 0 bridgehead atoms. The Labute approximate surface area is 97.0 Å². The lowest BCUT2D eigenvalue weighted by atomic mass is 9.95. The molecule has 0 spiro atoms. The Hall–Kier alpha value is -1.51. The smallest absolute Gasteiger partial charge is 0.191 e. The van der Waals surface area contributed by atoms with Gasteiger partial charge in [-0.1, -0.05) is 18.2 Å². The second-order valence-corrected chi connectivity index (χ2v) is 4.31. The van der Waals surface area contributed by atoms with Gasteiger partial charge in [0.05, 0.1) is 12.6 Å². The van der Waals surface area contributed by atoms with Crippen molar-refractivity contribution in [2.45, 2.75) is 26.8 Å². The predicted molar refractivity (Wildman–Crippen MR) is 67.5 cm³/mol. The Morgan fingerprint density at radius 3 is 2.56 bits per heavy atom. The number of likely N-dealkylation sites (N-methyl/N-ethyl adjacent to an activating group) is 1. The van der Waals surface area contributed by atoms with E-state index in [0.717, 1.165) is 13.1 Å². The lowest BCUT2D eigenvalue weighted by Crippen LogP contribution is -2.36. The summed E-state index contributed by atoms with van der Waals surface area (Å²) in [6, 6.07) is 6.74. The van der Waals surface area contributed by atoms with Crippen LogP contribution in [0.4, 0.5) is 0 Å². The summed E-state index contributed by atoms with van der Waals surface area (Å²) in [5.41, 5.74) is 9.93. The Morgan fingerprint density at radius 1 is 1.38 bits per heavy atom. The monoisotopic (exact) mass is 217 g/mol. The van der Waals surface area contributed by atoms with Crippen LogP contribution in [0.2, 0.25) is 0 Å². The molecule has 86 valence electrons. The first kappa shape index (κ1) is 11.0. The first-order valence-electron chi connectivity index (χ1n) is 5.77. The zero-order chi connectivity index (χ0) is 11.7. The second-order valence-electron chi connectivity index (χ2n) is 4.31. The van der Waals surface area contributed by atoms with Crippen LogP contribution in [-0.4, -0.2) is 23.9 Å². The molecule has 0 saturated heterocycles. The van der Waals surface area contributed by atoms with E-state index in [1.54, 1.807) is 0 Å². The number of nitrogens with zero attached hydrogens (tertiary/aromatic N) is 2. The van der Waals surface area contributed by atoms with Crippen molar-refractivity contribution in [3.05, 3.63) is 34.9 Å². The molecule has 2 rings (SSSR count). The van der Waals surface area contributed by atoms with Crippen molar-refractivity contribution in [2.24, 2.45) is 10.7 Å². The molecule has 0 amide bonds. The third kappa shape index (κ3) is 1.66. The molecule has 0 saturated carbocycles. The maximum absolute atomic E-state index is 5.89. The molecule has 1 atom stereocenters. The number of aryl methyl sites for hydroxylation is 2. The molecule has 1 aliphatic heterocycles. The Kier molecular flexibility index (Phi) is 2.86. The van der Waals surface area contributed by atoms with Gasteiger partial charge < -0.3 is 10.6 Å². The van der Waals surface area contributed by atoms with Crippen LogP contribution in [0.3, 0.4) is 0 Å². The number of aliphatic imine (C=N–C) groups is 1. The molecule has 1 aromatic carbocycles. The first-order chi connectivity index (χ1) is 7.65. The summed E-state index contributed by atoms with van der Waals surface area (Å²) in [6.45, 7) is 8.13. The van der Waals surface area contributed by atoms with Crippen LogP contribution in [0.25, 0.3) is 0 Å². The van der Waals surface area contributed by atoms with Crippen molar-refractivity contribution in [1.82, 2.24) is 4.90 Å². The van der Waals surface area contributed by atoms with Crippen molar-refractivity contribution in [2.75, 3.05) is 13.1 Å². The van der Waals surface area contributed by atoms with Crippen LogP contribution in [-0.2, 0) is 0 Å². The molecule has 0 fully saturated rings. The minimum atomic E-state index is 0.325. The van der Waals surface area contributed by atoms with Crippen molar-refractivity contribution in [3.63, 3.8) is 0 Å². The predicted octanol–water partition coefficient (Wildman–Crippen LogP) is 1.99. The highest BCUT2D eigenvalue weighted by Gasteiger charge is 2.27. The molecule has 0 aliphatic carbocycles. The number of nitrogens with two attached hydrogens (primary N) is 1. The fourth-order valence-electron chi connectivity index (χ4n) is 2.51. The standard InChI is InChI=1S/C13H19N3/c1-4-16-11(8-15-13(16)14)12-9(2)6-5-7-10(12)3/h5-7,11H,4,8H2,1-3H3,(H2,14,15). The molecule has 3 nitrogen and oxygen atoms in total. The van der Waals surface area contributed by atoms with Crippen molar-refractivity contribution in [1.29, 1.82) is 0 Å². The lowest BCUT2D eigenvalue weighted by Gasteiger charge is -2.27. The number of hydrogen-bond donors (Lipinski definition) is 1. The van der Waals surface area contributed by atoms with E-state index in [0.29, 0.717) is 12.0 Å². The summed E-state index contributed by atoms with van der Waals surface area (Å²) in [7, 11) is 0. The van der Waals surface area contributed by atoms with Crippen LogP contribution in [0.15, 0.2) is 23.2 Å². The van der Waals surface area contributed by atoms with Crippen LogP contribution in [0.5, 0.6) is 0 Å². The van der Waals surface area contributed by atoms with E-state index in [-0.39, 0.29) is 0 Å². The number of guanidine groups is 1. The van der Waals surface area contributed by atoms with Gasteiger partial charge in [0.25, 0.3) is 0 Å². The van der Waals surface area contributed by atoms with E-state index in [1.807, 2.05) is 0 Å². The normalized spacial score (nSPS) is 20.1. The number of rotatable bonds is 2. The summed E-state index contributed by atoms with van der Waals surface area (Å²) >= 11 is 0. The van der Waals surface area contributed by atoms with Crippen LogP contribution >= 0.6 is 0 Å². The van der Waals surface area contributed by atoms with Gasteiger partial charge in [-0.3, -0.25) is 4.99 Å². The molecule has 1 aromatic rings. The first-order valence-corrected chi connectivity index (χ1v) is 5.77. The van der Waals surface area contributed by atoms with Gasteiger partial charge in [-0.2, -0.15) is 0 Å². The third-order valence-corrected chi connectivity index (χ3v) is 3.31. The molecular formula is C13H19N3. The van der Waals surface area contributed by atoms with Gasteiger partial charge in [0.2, 0.25) is 0 Å². The van der Waals surface area contributed by atoms with Gasteiger partial charge in [0, 0.05) is 6.54 Å². The van der Waals surface area contributed by atoms with Crippen molar-refractivity contribution >= 4 is 5.96 Å². The molecule has 2 N–H and O–H groups in total. The molecule has 0 aromatic heterocycles. The van der Waals surface area contributed by atoms with Gasteiger partial charge in [0.1, 0.15) is 0 Å². The molecule has 0 radical (unpaired) electrons. The van der Waals surface area contributed by atoms with E-state index in [2.05, 4.69) is 48.9 Å². The van der Waals surface area contributed by atoms with Gasteiger partial charge in [-0.05, 0) is 37.5 Å². The van der Waals surface area contributed by atoms with Crippen LogP contribution < -0.4 is 5.73 Å². The average molecular weight is 217 g/mol. The Balaban J connectivity index is 2.39. The molecule has 16 heavy (non-hydrogen) atoms. The number of benzene rings is 1. The van der Waals surface area contributed by atoms with E-state index in [4.69, 9.17) is 5.73 Å². The molecular weight excluding hydrogens is 198 g/mol. The largest absolute Gasteiger partial charge is 0.370 e. The van der Waals surface area contributed by atoms with E-state index < -0.39 is 0 Å². The van der Waals surface area contributed by atoms with Crippen molar-refractivity contribution < 1.29 is 0 Å². The quantitative estimate of drug-likeness (QED) is 0.823. The van der Waals surface area contributed by atoms with Gasteiger partial charge in [-0.15, -0.1) is 0 Å². The number of hydrogen-bond acceptors (Lipinski definition) is 3. The van der Waals surface area contributed by atoms with Gasteiger partial charge in [-0.25, -0.2) is 0 Å². The SMILES string of the molecule is CCN1C(N)=NCC1c1c(C)cccc1C. The van der Waals surface area contributed by atoms with Gasteiger partial charge >= 0.3 is 0 Å². The maximum atomic E-state index is 5.89. The molecule has 1 unspecified atom stereocenters. The minimum absolute atomic E-state index is 0.325. The second kappa shape index (κ2) is 4.16. The highest BCUT2D eigenvalue weighted by atomic mass is 15.3. The molecule has 3 heteroatoms. The lowest BCUT2D eigenvalue weighted by molar-refractivity contribution is 0.362. The zero-order valence-electron chi connectivity index (χ0n) is 10.2. The van der Waals surface area contributed by atoms with E-state index in [1.165, 1.54) is 16.7 Å². The van der Waals surface area contributed by atoms with E-state index >= 15 is 0 Å². The summed E-state index contributed by atoms with van der Waals surface area (Å²) in [6.07, 6.45) is 0. The molecule has 1 aliphatic rings. The fraction of sp³-hybridized carbons (Fsp3) is 0.462. The average Bonchev–Trinajstić information content (AvgIpc) is 2.59. The highest BCUT2D eigenvalue weighted by Crippen LogP contribution is 2.30. The minimum Gasteiger partial charge on any atom is -0.370 e. The fourth-order valence-corrected chi connectivity index (χ4v) is 2.51. The van der Waals surface area contributed by atoms with Crippen molar-refractivity contribution in [3.8, 4) is 0 Å². The Bertz CT molecular complexity index is 403. The third-order valence-electron chi connectivity index (χ3n) is 3.31. The Morgan fingerprint density at radius 2 is 2.00 bits per heavy atom.